The molecule has 0 saturated heterocycles. The fourth-order valence-electron chi connectivity index (χ4n) is 2.29. The normalized spacial score (nSPS) is 12.8. The molecule has 2 aromatic carbocycles. The van der Waals surface area contributed by atoms with Crippen molar-refractivity contribution >= 4 is 26.9 Å². The second kappa shape index (κ2) is 5.04. The number of hydrogen-bond donors (Lipinski definition) is 1. The third-order valence-electron chi connectivity index (χ3n) is 3.36. The van der Waals surface area contributed by atoms with Gasteiger partial charge in [0.25, 0.3) is 0 Å². The molecule has 20 heavy (non-hydrogen) atoms. The molecule has 2 N–H and O–H groups in total. The summed E-state index contributed by atoms with van der Waals surface area (Å²) in [7, 11) is 0. The number of rotatable bonds is 2. The van der Waals surface area contributed by atoms with E-state index >= 15 is 0 Å². The molecule has 1 unspecified atom stereocenters. The fourth-order valence-corrected chi connectivity index (χ4v) is 2.62. The second-order valence-corrected chi connectivity index (χ2v) is 5.70. The number of fused-ring (bicyclic) bond motifs is 1. The lowest BCUT2D eigenvalue weighted by Crippen LogP contribution is -2.12. The summed E-state index contributed by atoms with van der Waals surface area (Å²) in [4.78, 5) is 0. The predicted octanol–water partition coefficient (Wildman–Crippen LogP) is 4.69. The molecule has 0 aliphatic carbocycles. The van der Waals surface area contributed by atoms with Crippen LogP contribution in [0.1, 0.15) is 22.9 Å². The summed E-state index contributed by atoms with van der Waals surface area (Å²) in [5.41, 5.74) is 8.39. The number of furan rings is 1. The van der Waals surface area contributed by atoms with E-state index in [0.29, 0.717) is 15.8 Å². The molecule has 0 fully saturated rings. The number of benzene rings is 2. The second-order valence-electron chi connectivity index (χ2n) is 4.79. The first-order chi connectivity index (χ1) is 9.56. The van der Waals surface area contributed by atoms with Crippen molar-refractivity contribution in [2.24, 2.45) is 5.73 Å². The van der Waals surface area contributed by atoms with Crippen molar-refractivity contribution in [3.05, 3.63) is 69.6 Å². The highest BCUT2D eigenvalue weighted by Crippen LogP contribution is 2.30. The van der Waals surface area contributed by atoms with E-state index in [0.717, 1.165) is 16.5 Å². The van der Waals surface area contributed by atoms with E-state index in [4.69, 9.17) is 10.2 Å². The Morgan fingerprint density at radius 2 is 2.00 bits per heavy atom. The molecule has 0 amide bonds. The van der Waals surface area contributed by atoms with Crippen LogP contribution in [0.3, 0.4) is 0 Å². The maximum atomic E-state index is 14.0. The Hall–Kier alpha value is -1.65. The highest BCUT2D eigenvalue weighted by atomic mass is 79.9. The summed E-state index contributed by atoms with van der Waals surface area (Å²) in [5.74, 6) is 0.222. The number of hydrogen-bond acceptors (Lipinski definition) is 2. The van der Waals surface area contributed by atoms with E-state index in [9.17, 15) is 4.39 Å². The largest absolute Gasteiger partial charge is 0.459 e. The van der Waals surface area contributed by atoms with Crippen LogP contribution in [0.2, 0.25) is 0 Å². The van der Waals surface area contributed by atoms with Crippen molar-refractivity contribution in [1.29, 1.82) is 0 Å². The van der Waals surface area contributed by atoms with E-state index in [2.05, 4.69) is 15.9 Å². The topological polar surface area (TPSA) is 39.2 Å². The van der Waals surface area contributed by atoms with Gasteiger partial charge in [-0.1, -0.05) is 40.2 Å². The highest BCUT2D eigenvalue weighted by Gasteiger charge is 2.18. The van der Waals surface area contributed by atoms with Gasteiger partial charge in [0, 0.05) is 15.4 Å². The third-order valence-corrected chi connectivity index (χ3v) is 3.86. The number of nitrogens with two attached hydrogens (primary N) is 1. The van der Waals surface area contributed by atoms with Crippen LogP contribution in [-0.4, -0.2) is 0 Å². The summed E-state index contributed by atoms with van der Waals surface area (Å²) in [6.45, 7) is 1.97. The average molecular weight is 334 g/mol. The zero-order valence-corrected chi connectivity index (χ0v) is 12.4. The van der Waals surface area contributed by atoms with Gasteiger partial charge in [0.2, 0.25) is 0 Å². The lowest BCUT2D eigenvalue weighted by Gasteiger charge is -2.10. The van der Waals surface area contributed by atoms with Crippen LogP contribution in [0.4, 0.5) is 4.39 Å². The van der Waals surface area contributed by atoms with Crippen LogP contribution in [0.15, 0.2) is 51.4 Å². The molecule has 0 saturated carbocycles. The minimum atomic E-state index is -0.616. The van der Waals surface area contributed by atoms with Gasteiger partial charge in [-0.2, -0.15) is 0 Å². The zero-order chi connectivity index (χ0) is 14.3. The van der Waals surface area contributed by atoms with Crippen LogP contribution in [0, 0.1) is 12.7 Å². The Kier molecular flexibility index (Phi) is 3.36. The molecule has 0 aliphatic rings. The van der Waals surface area contributed by atoms with Crippen LogP contribution in [-0.2, 0) is 0 Å². The van der Waals surface area contributed by atoms with Crippen LogP contribution in [0.25, 0.3) is 11.0 Å². The van der Waals surface area contributed by atoms with Crippen molar-refractivity contribution in [3.63, 3.8) is 0 Å². The number of halogens is 2. The van der Waals surface area contributed by atoms with E-state index in [1.54, 1.807) is 12.1 Å². The summed E-state index contributed by atoms with van der Waals surface area (Å²) >= 11 is 3.24. The Balaban J connectivity index is 2.08. The molecule has 4 heteroatoms. The van der Waals surface area contributed by atoms with Gasteiger partial charge < -0.3 is 10.2 Å². The summed E-state index contributed by atoms with van der Waals surface area (Å²) in [6.07, 6.45) is 0. The molecule has 1 atom stereocenters. The number of para-hydroxylation sites is 1. The van der Waals surface area contributed by atoms with Crippen molar-refractivity contribution in [3.8, 4) is 0 Å². The van der Waals surface area contributed by atoms with Gasteiger partial charge in [-0.15, -0.1) is 0 Å². The molecule has 0 radical (unpaired) electrons. The quantitative estimate of drug-likeness (QED) is 0.738. The lowest BCUT2D eigenvalue weighted by atomic mass is 10.0. The zero-order valence-electron chi connectivity index (χ0n) is 10.9. The minimum Gasteiger partial charge on any atom is -0.459 e. The number of aryl methyl sites for hydroxylation is 1. The fraction of sp³-hybridized carbons (Fsp3) is 0.125. The minimum absolute atomic E-state index is 0.343. The Morgan fingerprint density at radius 3 is 2.70 bits per heavy atom. The molecule has 0 spiro atoms. The predicted molar refractivity (Wildman–Crippen MR) is 81.1 cm³/mol. The summed E-state index contributed by atoms with van der Waals surface area (Å²) in [5, 5.41) is 0.980. The smallest absolute Gasteiger partial charge is 0.137 e. The standard InChI is InChI=1S/C16H13BrFNO/c1-9-3-2-4-10-7-14(20-16(9)10)15(19)12-6-5-11(17)8-13(12)18/h2-8,15H,19H2,1H3. The maximum absolute atomic E-state index is 14.0. The average Bonchev–Trinajstić information content (AvgIpc) is 2.83. The monoisotopic (exact) mass is 333 g/mol. The van der Waals surface area contributed by atoms with Gasteiger partial charge in [-0.25, -0.2) is 4.39 Å². The van der Waals surface area contributed by atoms with Crippen molar-refractivity contribution in [2.75, 3.05) is 0 Å². The molecule has 102 valence electrons. The van der Waals surface area contributed by atoms with Gasteiger partial charge in [-0.3, -0.25) is 0 Å². The van der Waals surface area contributed by atoms with E-state index in [-0.39, 0.29) is 5.82 Å². The van der Waals surface area contributed by atoms with Crippen molar-refractivity contribution in [1.82, 2.24) is 0 Å². The molecule has 3 rings (SSSR count). The van der Waals surface area contributed by atoms with E-state index in [1.165, 1.54) is 6.07 Å². The Morgan fingerprint density at radius 1 is 1.20 bits per heavy atom. The Labute approximate surface area is 124 Å². The van der Waals surface area contributed by atoms with Crippen LogP contribution in [0.5, 0.6) is 0 Å². The molecule has 0 bridgehead atoms. The molecule has 3 aromatic rings. The SMILES string of the molecule is Cc1cccc2cc(C(N)c3ccc(Br)cc3F)oc12. The van der Waals surface area contributed by atoms with Gasteiger partial charge in [0.05, 0.1) is 6.04 Å². The highest BCUT2D eigenvalue weighted by molar-refractivity contribution is 9.10. The molecule has 1 heterocycles. The van der Waals surface area contributed by atoms with Crippen molar-refractivity contribution in [2.45, 2.75) is 13.0 Å². The van der Waals surface area contributed by atoms with Gasteiger partial charge in [0.15, 0.2) is 0 Å². The molecular formula is C16H13BrFNO. The maximum Gasteiger partial charge on any atom is 0.137 e. The van der Waals surface area contributed by atoms with Gasteiger partial charge >= 0.3 is 0 Å². The molecule has 0 aliphatic heterocycles. The van der Waals surface area contributed by atoms with E-state index in [1.807, 2.05) is 31.2 Å². The summed E-state index contributed by atoms with van der Waals surface area (Å²) in [6, 6.07) is 12.0. The van der Waals surface area contributed by atoms with Crippen LogP contribution < -0.4 is 5.73 Å². The molecule has 1 aromatic heterocycles. The first kappa shape index (κ1) is 13.3. The third kappa shape index (κ3) is 2.25. The summed E-state index contributed by atoms with van der Waals surface area (Å²) < 4.78 is 20.5. The first-order valence-electron chi connectivity index (χ1n) is 6.26. The van der Waals surface area contributed by atoms with Gasteiger partial charge in [0.1, 0.15) is 17.2 Å². The first-order valence-corrected chi connectivity index (χ1v) is 7.05. The van der Waals surface area contributed by atoms with Crippen molar-refractivity contribution < 1.29 is 8.81 Å². The Bertz CT molecular complexity index is 781. The molecular weight excluding hydrogens is 321 g/mol. The van der Waals surface area contributed by atoms with Crippen LogP contribution >= 0.6 is 15.9 Å². The molecule has 2 nitrogen and oxygen atoms in total. The van der Waals surface area contributed by atoms with E-state index < -0.39 is 6.04 Å². The lowest BCUT2D eigenvalue weighted by molar-refractivity contribution is 0.509. The van der Waals surface area contributed by atoms with Gasteiger partial charge in [-0.05, 0) is 30.7 Å².